The van der Waals surface area contributed by atoms with Crippen LogP contribution in [0.15, 0.2) is 18.3 Å². The molecule has 3 rings (SSSR count). The second-order valence-corrected chi connectivity index (χ2v) is 5.78. The number of anilines is 1. The molecule has 1 aliphatic carbocycles. The smallest absolute Gasteiger partial charge is 0.241 e. The van der Waals surface area contributed by atoms with Crippen molar-refractivity contribution in [1.29, 1.82) is 0 Å². The fourth-order valence-electron chi connectivity index (χ4n) is 3.32. The molecule has 20 heavy (non-hydrogen) atoms. The molecule has 1 saturated heterocycles. The van der Waals surface area contributed by atoms with Gasteiger partial charge in [-0.1, -0.05) is 25.3 Å². The van der Waals surface area contributed by atoms with Gasteiger partial charge < -0.3 is 5.73 Å². The van der Waals surface area contributed by atoms with Crippen molar-refractivity contribution >= 4 is 17.6 Å². The normalized spacial score (nSPS) is 21.8. The van der Waals surface area contributed by atoms with E-state index in [2.05, 4.69) is 4.98 Å². The van der Waals surface area contributed by atoms with Crippen LogP contribution in [0.25, 0.3) is 0 Å². The number of carbonyl (C=O) groups is 2. The Hall–Kier alpha value is -1.75. The largest absolute Gasteiger partial charge is 0.326 e. The van der Waals surface area contributed by atoms with Gasteiger partial charge >= 0.3 is 0 Å². The zero-order valence-electron chi connectivity index (χ0n) is 11.5. The number of hydrogen-bond donors (Lipinski definition) is 1. The van der Waals surface area contributed by atoms with Crippen molar-refractivity contribution < 1.29 is 9.59 Å². The first-order valence-electron chi connectivity index (χ1n) is 7.19. The maximum atomic E-state index is 12.7. The van der Waals surface area contributed by atoms with Gasteiger partial charge in [0.2, 0.25) is 11.8 Å². The van der Waals surface area contributed by atoms with Gasteiger partial charge in [-0.25, -0.2) is 9.88 Å². The van der Waals surface area contributed by atoms with E-state index in [0.717, 1.165) is 37.7 Å². The van der Waals surface area contributed by atoms with Gasteiger partial charge in [-0.15, -0.1) is 0 Å². The predicted octanol–water partition coefficient (Wildman–Crippen LogP) is 1.75. The molecule has 106 valence electrons. The first-order valence-corrected chi connectivity index (χ1v) is 7.19. The number of nitrogens with zero attached hydrogens (tertiary/aromatic N) is 2. The Kier molecular flexibility index (Phi) is 3.30. The molecule has 1 aromatic heterocycles. The minimum Gasteiger partial charge on any atom is -0.326 e. The molecule has 2 amide bonds. The van der Waals surface area contributed by atoms with Gasteiger partial charge in [0.05, 0.1) is 5.41 Å². The van der Waals surface area contributed by atoms with E-state index in [0.29, 0.717) is 18.8 Å². The molecule has 2 heterocycles. The lowest BCUT2D eigenvalue weighted by Crippen LogP contribution is -2.37. The van der Waals surface area contributed by atoms with Gasteiger partial charge in [0.25, 0.3) is 0 Å². The molecule has 2 N–H and O–H groups in total. The number of rotatable bonds is 2. The average molecular weight is 273 g/mol. The van der Waals surface area contributed by atoms with Gasteiger partial charge in [0.1, 0.15) is 5.82 Å². The monoisotopic (exact) mass is 273 g/mol. The summed E-state index contributed by atoms with van der Waals surface area (Å²) in [6.45, 7) is 0.402. The molecule has 0 aromatic carbocycles. The van der Waals surface area contributed by atoms with Crippen LogP contribution in [0.1, 0.15) is 44.1 Å². The third-order valence-electron chi connectivity index (χ3n) is 4.48. The fraction of sp³-hybridized carbons (Fsp3) is 0.533. The SMILES string of the molecule is NCc1ccc(N2C(=O)CC3(CCCCC3)C2=O)nc1. The Labute approximate surface area is 118 Å². The molecule has 1 spiro atoms. The van der Waals surface area contributed by atoms with Crippen molar-refractivity contribution in [3.63, 3.8) is 0 Å². The molecule has 5 heteroatoms. The zero-order valence-corrected chi connectivity index (χ0v) is 11.5. The molecule has 2 aliphatic rings. The van der Waals surface area contributed by atoms with Crippen LogP contribution in [0.4, 0.5) is 5.82 Å². The summed E-state index contributed by atoms with van der Waals surface area (Å²) in [5.74, 6) is 0.250. The molecule has 1 aromatic rings. The summed E-state index contributed by atoms with van der Waals surface area (Å²) >= 11 is 0. The molecule has 1 saturated carbocycles. The maximum absolute atomic E-state index is 12.7. The van der Waals surface area contributed by atoms with Gasteiger partial charge in [-0.05, 0) is 24.5 Å². The number of amides is 2. The summed E-state index contributed by atoms with van der Waals surface area (Å²) < 4.78 is 0. The van der Waals surface area contributed by atoms with E-state index in [-0.39, 0.29) is 11.8 Å². The molecule has 0 bridgehead atoms. The highest BCUT2D eigenvalue weighted by Gasteiger charge is 2.52. The molecule has 0 atom stereocenters. The number of carbonyl (C=O) groups excluding carboxylic acids is 2. The molecule has 5 nitrogen and oxygen atoms in total. The van der Waals surface area contributed by atoms with Crippen molar-refractivity contribution in [3.8, 4) is 0 Å². The van der Waals surface area contributed by atoms with Crippen LogP contribution < -0.4 is 10.6 Å². The van der Waals surface area contributed by atoms with Crippen LogP contribution in [0.3, 0.4) is 0 Å². The topological polar surface area (TPSA) is 76.3 Å². The van der Waals surface area contributed by atoms with Crippen LogP contribution in [-0.2, 0) is 16.1 Å². The van der Waals surface area contributed by atoms with Gasteiger partial charge in [0.15, 0.2) is 0 Å². The minimum absolute atomic E-state index is 0.0600. The fourth-order valence-corrected chi connectivity index (χ4v) is 3.32. The summed E-state index contributed by atoms with van der Waals surface area (Å²) in [6.07, 6.45) is 6.85. The lowest BCUT2D eigenvalue weighted by molar-refractivity contribution is -0.127. The van der Waals surface area contributed by atoms with E-state index in [1.807, 2.05) is 6.07 Å². The number of imide groups is 1. The van der Waals surface area contributed by atoms with Crippen molar-refractivity contribution in [2.75, 3.05) is 4.90 Å². The summed E-state index contributed by atoms with van der Waals surface area (Å²) in [5, 5.41) is 0. The van der Waals surface area contributed by atoms with Crippen LogP contribution in [-0.4, -0.2) is 16.8 Å². The van der Waals surface area contributed by atoms with Crippen LogP contribution in [0.2, 0.25) is 0 Å². The summed E-state index contributed by atoms with van der Waals surface area (Å²) in [4.78, 5) is 30.4. The number of hydrogen-bond acceptors (Lipinski definition) is 4. The second-order valence-electron chi connectivity index (χ2n) is 5.78. The Morgan fingerprint density at radius 1 is 1.20 bits per heavy atom. The Morgan fingerprint density at radius 3 is 2.55 bits per heavy atom. The standard InChI is InChI=1S/C15H19N3O2/c16-9-11-4-5-12(17-10-11)18-13(19)8-15(14(18)20)6-2-1-3-7-15/h4-5,10H,1-3,6-9,16H2. The Morgan fingerprint density at radius 2 is 1.95 bits per heavy atom. The van der Waals surface area contributed by atoms with Crippen LogP contribution in [0.5, 0.6) is 0 Å². The molecule has 2 fully saturated rings. The van der Waals surface area contributed by atoms with Crippen molar-refractivity contribution in [1.82, 2.24) is 4.98 Å². The van der Waals surface area contributed by atoms with Gasteiger partial charge in [0, 0.05) is 19.2 Å². The van der Waals surface area contributed by atoms with Crippen molar-refractivity contribution in [2.24, 2.45) is 11.1 Å². The van der Waals surface area contributed by atoms with Crippen molar-refractivity contribution in [2.45, 2.75) is 45.1 Å². The second kappa shape index (κ2) is 4.98. The van der Waals surface area contributed by atoms with E-state index in [1.54, 1.807) is 12.3 Å². The minimum atomic E-state index is -0.455. The Bertz CT molecular complexity index is 533. The van der Waals surface area contributed by atoms with E-state index in [9.17, 15) is 9.59 Å². The highest BCUT2D eigenvalue weighted by Crippen LogP contribution is 2.46. The first kappa shape index (κ1) is 13.2. The molecule has 1 aliphatic heterocycles. The predicted molar refractivity (Wildman–Crippen MR) is 74.8 cm³/mol. The summed E-state index contributed by atoms with van der Waals surface area (Å²) in [5.41, 5.74) is 5.97. The quantitative estimate of drug-likeness (QED) is 0.833. The molecule has 0 radical (unpaired) electrons. The third kappa shape index (κ3) is 2.02. The van der Waals surface area contributed by atoms with Gasteiger partial charge in [-0.2, -0.15) is 0 Å². The maximum Gasteiger partial charge on any atom is 0.241 e. The highest BCUT2D eigenvalue weighted by molar-refractivity contribution is 6.22. The van der Waals surface area contributed by atoms with E-state index in [4.69, 9.17) is 5.73 Å². The number of aromatic nitrogens is 1. The third-order valence-corrected chi connectivity index (χ3v) is 4.48. The van der Waals surface area contributed by atoms with Crippen LogP contribution >= 0.6 is 0 Å². The molecule has 0 unspecified atom stereocenters. The summed E-state index contributed by atoms with van der Waals surface area (Å²) in [6, 6.07) is 3.52. The first-order chi connectivity index (χ1) is 9.66. The highest BCUT2D eigenvalue weighted by atomic mass is 16.2. The van der Waals surface area contributed by atoms with Gasteiger partial charge in [-0.3, -0.25) is 9.59 Å². The van der Waals surface area contributed by atoms with E-state index >= 15 is 0 Å². The lowest BCUT2D eigenvalue weighted by atomic mass is 9.73. The summed E-state index contributed by atoms with van der Waals surface area (Å²) in [7, 11) is 0. The van der Waals surface area contributed by atoms with Crippen molar-refractivity contribution in [3.05, 3.63) is 23.9 Å². The number of nitrogens with two attached hydrogens (primary N) is 1. The van der Waals surface area contributed by atoms with E-state index in [1.165, 1.54) is 4.90 Å². The Balaban J connectivity index is 1.89. The number of pyridine rings is 1. The molecular weight excluding hydrogens is 254 g/mol. The molecular formula is C15H19N3O2. The van der Waals surface area contributed by atoms with E-state index < -0.39 is 5.41 Å². The van der Waals surface area contributed by atoms with Crippen LogP contribution in [0, 0.1) is 5.41 Å². The average Bonchev–Trinajstić information content (AvgIpc) is 2.71. The zero-order chi connectivity index (χ0) is 14.2. The lowest BCUT2D eigenvalue weighted by Gasteiger charge is -2.30.